The number of β-amino-alcohol motifs (C(OH)–C–C–N with tert-alkyl or cyclic N) is 1. The van der Waals surface area contributed by atoms with E-state index in [0.717, 1.165) is 53.7 Å². The molecule has 1 aromatic carbocycles. The highest BCUT2D eigenvalue weighted by atomic mass is 32.1. The van der Waals surface area contributed by atoms with E-state index in [1.165, 1.54) is 0 Å². The number of thiophene rings is 1. The monoisotopic (exact) mass is 437 g/mol. The van der Waals surface area contributed by atoms with E-state index in [1.807, 2.05) is 41.8 Å². The molecule has 1 aliphatic heterocycles. The van der Waals surface area contributed by atoms with Crippen LogP contribution >= 0.6 is 11.3 Å². The van der Waals surface area contributed by atoms with Crippen LogP contribution in [0.5, 0.6) is 5.75 Å². The Kier molecular flexibility index (Phi) is 5.79. The molecule has 0 bridgehead atoms. The third kappa shape index (κ3) is 4.53. The molecule has 0 aliphatic carbocycles. The molecule has 31 heavy (non-hydrogen) atoms. The summed E-state index contributed by atoms with van der Waals surface area (Å²) in [6.45, 7) is 4.20. The van der Waals surface area contributed by atoms with Crippen molar-refractivity contribution in [3.05, 3.63) is 54.2 Å². The van der Waals surface area contributed by atoms with Gasteiger partial charge in [0, 0.05) is 50.7 Å². The number of anilines is 1. The summed E-state index contributed by atoms with van der Waals surface area (Å²) >= 11 is 1.60. The summed E-state index contributed by atoms with van der Waals surface area (Å²) in [5, 5.41) is 16.6. The van der Waals surface area contributed by atoms with Crippen LogP contribution in [-0.4, -0.2) is 70.6 Å². The van der Waals surface area contributed by atoms with Gasteiger partial charge in [-0.15, -0.1) is 11.3 Å². The second kappa shape index (κ2) is 9.01. The van der Waals surface area contributed by atoms with Crippen LogP contribution in [0.1, 0.15) is 0 Å². The van der Waals surface area contributed by atoms with E-state index in [2.05, 4.69) is 24.9 Å². The molecule has 4 heterocycles. The minimum Gasteiger partial charge on any atom is -0.491 e. The molecule has 1 N–H and O–H groups in total. The molecule has 1 aliphatic rings. The third-order valence-corrected chi connectivity index (χ3v) is 6.21. The molecule has 3 aromatic heterocycles. The van der Waals surface area contributed by atoms with Gasteiger partial charge in [0.25, 0.3) is 0 Å². The number of piperazine rings is 1. The summed E-state index contributed by atoms with van der Waals surface area (Å²) in [7, 11) is 0. The lowest BCUT2D eigenvalue weighted by molar-refractivity contribution is 0.0662. The quantitative estimate of drug-likeness (QED) is 0.472. The highest BCUT2D eigenvalue weighted by molar-refractivity contribution is 7.17. The summed E-state index contributed by atoms with van der Waals surface area (Å²) in [6.07, 6.45) is 2.95. The first kappa shape index (κ1) is 19.9. The van der Waals surface area contributed by atoms with Crippen molar-refractivity contribution in [3.8, 4) is 17.0 Å². The lowest BCUT2D eigenvalue weighted by Crippen LogP contribution is -2.49. The van der Waals surface area contributed by atoms with Crippen molar-refractivity contribution in [2.45, 2.75) is 6.10 Å². The van der Waals surface area contributed by atoms with E-state index < -0.39 is 6.10 Å². The molecule has 1 saturated heterocycles. The van der Waals surface area contributed by atoms with Crippen LogP contribution in [0.2, 0.25) is 0 Å². The summed E-state index contributed by atoms with van der Waals surface area (Å²) in [5.41, 5.74) is 2.55. The van der Waals surface area contributed by atoms with E-state index in [1.54, 1.807) is 23.7 Å². The first-order valence-electron chi connectivity index (χ1n) is 10.2. The molecule has 8 nitrogen and oxygen atoms in total. The SMILES string of the molecule is OC(COc1cccc(-c2noc3ccsc23)c1)CN1CCN(c2ncccn2)CC1. The van der Waals surface area contributed by atoms with Gasteiger partial charge in [0.2, 0.25) is 5.95 Å². The average molecular weight is 438 g/mol. The van der Waals surface area contributed by atoms with Crippen LogP contribution in [0.15, 0.2) is 58.7 Å². The van der Waals surface area contributed by atoms with Crippen molar-refractivity contribution in [3.63, 3.8) is 0 Å². The molecule has 0 radical (unpaired) electrons. The normalized spacial score (nSPS) is 16.0. The van der Waals surface area contributed by atoms with Gasteiger partial charge in [0.15, 0.2) is 5.58 Å². The predicted octanol–water partition coefficient (Wildman–Crippen LogP) is 2.91. The van der Waals surface area contributed by atoms with E-state index in [4.69, 9.17) is 9.26 Å². The van der Waals surface area contributed by atoms with Crippen LogP contribution in [0.4, 0.5) is 5.95 Å². The number of rotatable bonds is 7. The number of hydrogen-bond acceptors (Lipinski definition) is 9. The van der Waals surface area contributed by atoms with Crippen molar-refractivity contribution in [1.29, 1.82) is 0 Å². The Hall–Kier alpha value is -3.01. The van der Waals surface area contributed by atoms with Crippen molar-refractivity contribution >= 4 is 27.6 Å². The summed E-state index contributed by atoms with van der Waals surface area (Å²) in [5.74, 6) is 1.47. The molecule has 160 valence electrons. The van der Waals surface area contributed by atoms with Gasteiger partial charge in [-0.05, 0) is 29.6 Å². The van der Waals surface area contributed by atoms with Gasteiger partial charge in [-0.25, -0.2) is 9.97 Å². The molecule has 4 aromatic rings. The van der Waals surface area contributed by atoms with E-state index in [9.17, 15) is 5.11 Å². The number of fused-ring (bicyclic) bond motifs is 1. The Morgan fingerprint density at radius 3 is 2.77 bits per heavy atom. The van der Waals surface area contributed by atoms with Crippen LogP contribution in [0.3, 0.4) is 0 Å². The maximum atomic E-state index is 10.5. The Morgan fingerprint density at radius 1 is 1.10 bits per heavy atom. The van der Waals surface area contributed by atoms with Gasteiger partial charge in [0.1, 0.15) is 28.9 Å². The van der Waals surface area contributed by atoms with Gasteiger partial charge in [-0.3, -0.25) is 4.90 Å². The zero-order valence-electron chi connectivity index (χ0n) is 16.9. The van der Waals surface area contributed by atoms with Crippen LogP contribution in [-0.2, 0) is 0 Å². The first-order valence-corrected chi connectivity index (χ1v) is 11.1. The van der Waals surface area contributed by atoms with Crippen molar-refractivity contribution in [1.82, 2.24) is 20.0 Å². The molecular formula is C22H23N5O3S. The molecule has 1 fully saturated rings. The van der Waals surface area contributed by atoms with Crippen LogP contribution < -0.4 is 9.64 Å². The largest absolute Gasteiger partial charge is 0.491 e. The first-order chi connectivity index (χ1) is 15.3. The lowest BCUT2D eigenvalue weighted by Gasteiger charge is -2.35. The molecule has 1 unspecified atom stereocenters. The molecule has 0 spiro atoms. The summed E-state index contributed by atoms with van der Waals surface area (Å²) in [6, 6.07) is 11.5. The highest BCUT2D eigenvalue weighted by Gasteiger charge is 2.21. The maximum Gasteiger partial charge on any atom is 0.225 e. The Labute approximate surface area is 183 Å². The lowest BCUT2D eigenvalue weighted by atomic mass is 10.1. The highest BCUT2D eigenvalue weighted by Crippen LogP contribution is 2.33. The minimum absolute atomic E-state index is 0.235. The minimum atomic E-state index is -0.570. The average Bonchev–Trinajstić information content (AvgIpc) is 3.43. The number of aliphatic hydroxyl groups excluding tert-OH is 1. The molecular weight excluding hydrogens is 414 g/mol. The van der Waals surface area contributed by atoms with E-state index in [0.29, 0.717) is 12.3 Å². The Morgan fingerprint density at radius 2 is 1.94 bits per heavy atom. The van der Waals surface area contributed by atoms with Gasteiger partial charge in [0.05, 0.1) is 0 Å². The van der Waals surface area contributed by atoms with Crippen molar-refractivity contribution in [2.24, 2.45) is 0 Å². The van der Waals surface area contributed by atoms with Crippen LogP contribution in [0, 0.1) is 0 Å². The standard InChI is InChI=1S/C22H23N5O3S/c28-17(14-26-8-10-27(11-9-26)22-23-6-2-7-24-22)15-29-18-4-1-3-16(13-18)20-21-19(30-25-20)5-12-31-21/h1-7,12-13,17,28H,8-11,14-15H2. The number of ether oxygens (including phenoxy) is 1. The van der Waals surface area contributed by atoms with Gasteiger partial charge in [-0.2, -0.15) is 0 Å². The smallest absolute Gasteiger partial charge is 0.225 e. The zero-order chi connectivity index (χ0) is 21.0. The predicted molar refractivity (Wildman–Crippen MR) is 120 cm³/mol. The Bertz CT molecular complexity index is 1120. The molecule has 1 atom stereocenters. The van der Waals surface area contributed by atoms with Gasteiger partial charge < -0.3 is 19.3 Å². The van der Waals surface area contributed by atoms with Crippen molar-refractivity contribution in [2.75, 3.05) is 44.2 Å². The molecule has 9 heteroatoms. The van der Waals surface area contributed by atoms with E-state index in [-0.39, 0.29) is 6.61 Å². The second-order valence-electron chi connectivity index (χ2n) is 7.47. The number of hydrogen-bond donors (Lipinski definition) is 1. The van der Waals surface area contributed by atoms with Crippen LogP contribution in [0.25, 0.3) is 21.5 Å². The number of nitrogens with zero attached hydrogens (tertiary/aromatic N) is 5. The summed E-state index contributed by atoms with van der Waals surface area (Å²) < 4.78 is 12.3. The zero-order valence-corrected chi connectivity index (χ0v) is 17.7. The van der Waals surface area contributed by atoms with Gasteiger partial charge >= 0.3 is 0 Å². The molecule has 5 rings (SSSR count). The maximum absolute atomic E-state index is 10.5. The molecule has 0 saturated carbocycles. The summed E-state index contributed by atoms with van der Waals surface area (Å²) in [4.78, 5) is 13.0. The molecule has 0 amide bonds. The Balaban J connectivity index is 1.13. The fourth-order valence-corrected chi connectivity index (χ4v) is 4.54. The van der Waals surface area contributed by atoms with Crippen molar-refractivity contribution < 1.29 is 14.4 Å². The van der Waals surface area contributed by atoms with Gasteiger partial charge in [-0.1, -0.05) is 17.3 Å². The third-order valence-electron chi connectivity index (χ3n) is 5.31. The fraction of sp³-hybridized carbons (Fsp3) is 0.318. The topological polar surface area (TPSA) is 87.8 Å². The number of aromatic nitrogens is 3. The van der Waals surface area contributed by atoms with E-state index >= 15 is 0 Å². The fourth-order valence-electron chi connectivity index (χ4n) is 3.72. The second-order valence-corrected chi connectivity index (χ2v) is 8.39. The number of benzene rings is 1. The number of aliphatic hydroxyl groups is 1.